The van der Waals surface area contributed by atoms with E-state index in [4.69, 9.17) is 4.74 Å². The van der Waals surface area contributed by atoms with E-state index >= 15 is 0 Å². The van der Waals surface area contributed by atoms with E-state index in [1.165, 1.54) is 4.90 Å². The zero-order valence-corrected chi connectivity index (χ0v) is 6.58. The van der Waals surface area contributed by atoms with Gasteiger partial charge in [0, 0.05) is 6.61 Å². The van der Waals surface area contributed by atoms with Crippen LogP contribution < -0.4 is 5.32 Å². The second-order valence-corrected chi connectivity index (χ2v) is 2.94. The van der Waals surface area contributed by atoms with Crippen molar-refractivity contribution >= 4 is 11.9 Å². The van der Waals surface area contributed by atoms with E-state index < -0.39 is 0 Å². The van der Waals surface area contributed by atoms with Gasteiger partial charge in [-0.05, 0) is 6.42 Å². The number of amides is 3. The third-order valence-corrected chi connectivity index (χ3v) is 2.15. The Kier molecular flexibility index (Phi) is 1.73. The van der Waals surface area contributed by atoms with Crippen LogP contribution in [-0.4, -0.2) is 42.6 Å². The Balaban J connectivity index is 2.09. The van der Waals surface area contributed by atoms with Gasteiger partial charge >= 0.3 is 6.03 Å². The maximum atomic E-state index is 11.2. The van der Waals surface area contributed by atoms with E-state index in [-0.39, 0.29) is 24.5 Å². The van der Waals surface area contributed by atoms with Crippen molar-refractivity contribution in [2.45, 2.75) is 12.5 Å². The molecule has 0 radical (unpaired) electrons. The van der Waals surface area contributed by atoms with Crippen molar-refractivity contribution in [3.8, 4) is 0 Å². The minimum atomic E-state index is -0.282. The van der Waals surface area contributed by atoms with Crippen LogP contribution in [0.15, 0.2) is 0 Å². The number of nitrogens with one attached hydrogen (secondary N) is 1. The summed E-state index contributed by atoms with van der Waals surface area (Å²) in [4.78, 5) is 23.5. The lowest BCUT2D eigenvalue weighted by molar-refractivity contribution is -0.126. The molecule has 0 bridgehead atoms. The Hall–Kier alpha value is -1.10. The average molecular weight is 170 g/mol. The van der Waals surface area contributed by atoms with Crippen LogP contribution in [0, 0.1) is 0 Å². The molecule has 3 amide bonds. The monoisotopic (exact) mass is 170 g/mol. The van der Waals surface area contributed by atoms with Gasteiger partial charge in [0.25, 0.3) is 0 Å². The lowest BCUT2D eigenvalue weighted by atomic mass is 10.2. The standard InChI is InChI=1S/C7H10N2O3/c10-6-3-8-7(11)9(6)5-1-2-12-4-5/h5H,1-4H2,(H,8,11). The molecule has 0 spiro atoms. The third kappa shape index (κ3) is 1.06. The molecule has 1 atom stereocenters. The van der Waals surface area contributed by atoms with Crippen molar-refractivity contribution in [2.24, 2.45) is 0 Å². The summed E-state index contributed by atoms with van der Waals surface area (Å²) in [6.45, 7) is 1.26. The average Bonchev–Trinajstić information content (AvgIpc) is 2.61. The molecule has 5 heteroatoms. The molecule has 0 aromatic carbocycles. The van der Waals surface area contributed by atoms with Crippen molar-refractivity contribution in [3.05, 3.63) is 0 Å². The van der Waals surface area contributed by atoms with E-state index in [0.29, 0.717) is 13.2 Å². The van der Waals surface area contributed by atoms with Gasteiger partial charge < -0.3 is 10.1 Å². The summed E-state index contributed by atoms with van der Waals surface area (Å²) in [6.07, 6.45) is 0.763. The Morgan fingerprint density at radius 1 is 1.50 bits per heavy atom. The zero-order valence-electron chi connectivity index (χ0n) is 6.58. The number of nitrogens with zero attached hydrogens (tertiary/aromatic N) is 1. The molecule has 2 aliphatic rings. The Morgan fingerprint density at radius 2 is 2.33 bits per heavy atom. The number of carbonyl (C=O) groups excluding carboxylic acids is 2. The van der Waals surface area contributed by atoms with Crippen molar-refractivity contribution in [2.75, 3.05) is 19.8 Å². The van der Waals surface area contributed by atoms with Gasteiger partial charge in [0.15, 0.2) is 0 Å². The highest BCUT2D eigenvalue weighted by Gasteiger charge is 2.36. The highest BCUT2D eigenvalue weighted by Crippen LogP contribution is 2.14. The Labute approximate surface area is 69.7 Å². The number of rotatable bonds is 1. The molecule has 2 heterocycles. The van der Waals surface area contributed by atoms with Crippen molar-refractivity contribution < 1.29 is 14.3 Å². The normalized spacial score (nSPS) is 29.7. The van der Waals surface area contributed by atoms with E-state index in [1.54, 1.807) is 0 Å². The first-order chi connectivity index (χ1) is 5.79. The minimum Gasteiger partial charge on any atom is -0.379 e. The van der Waals surface area contributed by atoms with Crippen molar-refractivity contribution in [1.29, 1.82) is 0 Å². The summed E-state index contributed by atoms with van der Waals surface area (Å²) in [5.74, 6) is -0.143. The lowest BCUT2D eigenvalue weighted by Crippen LogP contribution is -2.40. The van der Waals surface area contributed by atoms with Crippen molar-refractivity contribution in [3.63, 3.8) is 0 Å². The quantitative estimate of drug-likeness (QED) is 0.531. The van der Waals surface area contributed by atoms with Crippen LogP contribution in [0.1, 0.15) is 6.42 Å². The number of ether oxygens (including phenoxy) is 1. The van der Waals surface area contributed by atoms with E-state index in [2.05, 4.69) is 5.32 Å². The number of carbonyl (C=O) groups is 2. The van der Waals surface area contributed by atoms with Gasteiger partial charge in [-0.15, -0.1) is 0 Å². The fraction of sp³-hybridized carbons (Fsp3) is 0.714. The fourth-order valence-electron chi connectivity index (χ4n) is 1.53. The summed E-state index contributed by atoms with van der Waals surface area (Å²) in [7, 11) is 0. The van der Waals surface area contributed by atoms with Crippen LogP contribution >= 0.6 is 0 Å². The number of hydrogen-bond acceptors (Lipinski definition) is 3. The van der Waals surface area contributed by atoms with Gasteiger partial charge in [0.2, 0.25) is 5.91 Å². The second kappa shape index (κ2) is 2.75. The minimum absolute atomic E-state index is 0.0417. The summed E-state index contributed by atoms with van der Waals surface area (Å²) in [5, 5.41) is 2.48. The number of imide groups is 1. The summed E-state index contributed by atoms with van der Waals surface area (Å²) in [5.41, 5.74) is 0. The van der Waals surface area contributed by atoms with Gasteiger partial charge in [0.05, 0.1) is 19.2 Å². The van der Waals surface area contributed by atoms with Crippen LogP contribution in [0.5, 0.6) is 0 Å². The molecule has 2 aliphatic heterocycles. The van der Waals surface area contributed by atoms with Crippen LogP contribution in [0.3, 0.4) is 0 Å². The molecule has 12 heavy (non-hydrogen) atoms. The predicted octanol–water partition coefficient (Wildman–Crippen LogP) is -0.673. The first-order valence-corrected chi connectivity index (χ1v) is 3.96. The molecule has 66 valence electrons. The first-order valence-electron chi connectivity index (χ1n) is 3.96. The molecule has 1 N–H and O–H groups in total. The second-order valence-electron chi connectivity index (χ2n) is 2.94. The van der Waals surface area contributed by atoms with E-state index in [1.807, 2.05) is 0 Å². The van der Waals surface area contributed by atoms with Crippen molar-refractivity contribution in [1.82, 2.24) is 10.2 Å². The molecular formula is C7H10N2O3. The van der Waals surface area contributed by atoms with Crippen LogP contribution in [-0.2, 0) is 9.53 Å². The zero-order chi connectivity index (χ0) is 8.55. The molecule has 1 unspecified atom stereocenters. The number of urea groups is 1. The van der Waals surface area contributed by atoms with Gasteiger partial charge in [-0.2, -0.15) is 0 Å². The summed E-state index contributed by atoms with van der Waals surface area (Å²) < 4.78 is 5.09. The molecule has 0 aliphatic carbocycles. The Morgan fingerprint density at radius 3 is 2.83 bits per heavy atom. The molecule has 2 fully saturated rings. The van der Waals surface area contributed by atoms with Crippen LogP contribution in [0.2, 0.25) is 0 Å². The lowest BCUT2D eigenvalue weighted by Gasteiger charge is -2.18. The Bertz CT molecular complexity index is 207. The largest absolute Gasteiger partial charge is 0.379 e. The highest BCUT2D eigenvalue weighted by atomic mass is 16.5. The van der Waals surface area contributed by atoms with Gasteiger partial charge in [-0.3, -0.25) is 9.69 Å². The highest BCUT2D eigenvalue weighted by molar-refractivity contribution is 6.02. The smallest absolute Gasteiger partial charge is 0.324 e. The SMILES string of the molecule is O=C1CNC(=O)N1C1CCOC1. The maximum Gasteiger partial charge on any atom is 0.324 e. The van der Waals surface area contributed by atoms with E-state index in [0.717, 1.165) is 6.42 Å². The third-order valence-electron chi connectivity index (χ3n) is 2.15. The molecule has 0 aromatic rings. The van der Waals surface area contributed by atoms with Gasteiger partial charge in [0.1, 0.15) is 0 Å². The molecule has 0 aromatic heterocycles. The first kappa shape index (κ1) is 7.54. The van der Waals surface area contributed by atoms with Crippen LogP contribution in [0.4, 0.5) is 4.79 Å². The fourth-order valence-corrected chi connectivity index (χ4v) is 1.53. The van der Waals surface area contributed by atoms with Gasteiger partial charge in [-0.1, -0.05) is 0 Å². The molecule has 0 saturated carbocycles. The number of hydrogen-bond donors (Lipinski definition) is 1. The molecule has 2 saturated heterocycles. The molecular weight excluding hydrogens is 160 g/mol. The summed E-state index contributed by atoms with van der Waals surface area (Å²) in [6, 6.07) is -0.324. The molecule has 2 rings (SSSR count). The van der Waals surface area contributed by atoms with Crippen LogP contribution in [0.25, 0.3) is 0 Å². The predicted molar refractivity (Wildman–Crippen MR) is 39.5 cm³/mol. The topological polar surface area (TPSA) is 58.6 Å². The maximum absolute atomic E-state index is 11.2. The van der Waals surface area contributed by atoms with E-state index in [9.17, 15) is 9.59 Å². The summed E-state index contributed by atoms with van der Waals surface area (Å²) >= 11 is 0. The molecule has 5 nitrogen and oxygen atoms in total. The van der Waals surface area contributed by atoms with Gasteiger partial charge in [-0.25, -0.2) is 4.79 Å².